The summed E-state index contributed by atoms with van der Waals surface area (Å²) in [6.07, 6.45) is 1.01. The Balaban J connectivity index is 3.01. The van der Waals surface area contributed by atoms with Crippen LogP contribution >= 0.6 is 0 Å². The predicted octanol–water partition coefficient (Wildman–Crippen LogP) is 3.28. The quantitative estimate of drug-likeness (QED) is 0.815. The highest BCUT2D eigenvalue weighted by Crippen LogP contribution is 2.39. The van der Waals surface area contributed by atoms with Crippen molar-refractivity contribution >= 4 is 5.69 Å². The van der Waals surface area contributed by atoms with Gasteiger partial charge in [-0.2, -0.15) is 0 Å². The summed E-state index contributed by atoms with van der Waals surface area (Å²) in [7, 11) is 0. The van der Waals surface area contributed by atoms with E-state index in [1.165, 1.54) is 0 Å². The van der Waals surface area contributed by atoms with Gasteiger partial charge in [0.15, 0.2) is 5.76 Å². The molecule has 0 aliphatic heterocycles. The highest BCUT2D eigenvalue weighted by molar-refractivity contribution is 5.48. The summed E-state index contributed by atoms with van der Waals surface area (Å²) >= 11 is 0. The second-order valence-electron chi connectivity index (χ2n) is 6.13. The average molecular weight is 210 g/mol. The van der Waals surface area contributed by atoms with Crippen LogP contribution in [0.25, 0.3) is 0 Å². The van der Waals surface area contributed by atoms with Crippen molar-refractivity contribution in [1.82, 2.24) is 5.16 Å². The van der Waals surface area contributed by atoms with Crippen LogP contribution in [0.5, 0.6) is 0 Å². The molecule has 15 heavy (non-hydrogen) atoms. The number of hydrogen-bond acceptors (Lipinski definition) is 3. The minimum atomic E-state index is -0.0659. The van der Waals surface area contributed by atoms with Crippen LogP contribution in [-0.2, 0) is 5.41 Å². The van der Waals surface area contributed by atoms with E-state index in [2.05, 4.69) is 39.8 Å². The molecule has 3 heteroatoms. The van der Waals surface area contributed by atoms with Gasteiger partial charge in [-0.3, -0.25) is 0 Å². The molecule has 1 aromatic rings. The third-order valence-electron chi connectivity index (χ3n) is 2.50. The van der Waals surface area contributed by atoms with Crippen LogP contribution in [0.15, 0.2) is 4.52 Å². The zero-order chi connectivity index (χ0) is 11.9. The normalized spacial score (nSPS) is 13.2. The fraction of sp³-hybridized carbons (Fsp3) is 0.750. The number of anilines is 1. The molecule has 0 aliphatic rings. The fourth-order valence-electron chi connectivity index (χ4n) is 2.27. The van der Waals surface area contributed by atoms with E-state index in [1.54, 1.807) is 0 Å². The smallest absolute Gasteiger partial charge is 0.165 e. The van der Waals surface area contributed by atoms with Crippen LogP contribution < -0.4 is 5.73 Å². The number of rotatable bonds is 2. The fourth-order valence-corrected chi connectivity index (χ4v) is 2.27. The SMILES string of the molecule is Cc1noc(C(C)(C)CC(C)(C)C)c1N. The predicted molar refractivity (Wildman–Crippen MR) is 62.8 cm³/mol. The Bertz CT molecular complexity index is 345. The maximum atomic E-state index is 5.95. The van der Waals surface area contributed by atoms with Gasteiger partial charge in [-0.15, -0.1) is 0 Å². The molecule has 1 rings (SSSR count). The van der Waals surface area contributed by atoms with Crippen molar-refractivity contribution in [2.75, 3.05) is 5.73 Å². The number of nitrogens with zero attached hydrogens (tertiary/aromatic N) is 1. The molecule has 0 atom stereocenters. The van der Waals surface area contributed by atoms with Crippen molar-refractivity contribution in [3.63, 3.8) is 0 Å². The van der Waals surface area contributed by atoms with Crippen LogP contribution in [0.3, 0.4) is 0 Å². The van der Waals surface area contributed by atoms with Gasteiger partial charge in [0.05, 0.1) is 5.69 Å². The third-order valence-corrected chi connectivity index (χ3v) is 2.50. The zero-order valence-corrected chi connectivity index (χ0v) is 10.6. The summed E-state index contributed by atoms with van der Waals surface area (Å²) < 4.78 is 5.33. The Labute approximate surface area is 92.0 Å². The standard InChI is InChI=1S/C12H22N2O/c1-8-9(13)10(15-14-8)12(5,6)7-11(2,3)4/h7,13H2,1-6H3. The first kappa shape index (κ1) is 12.1. The lowest BCUT2D eigenvalue weighted by molar-refractivity contribution is 0.233. The molecule has 3 nitrogen and oxygen atoms in total. The summed E-state index contributed by atoms with van der Waals surface area (Å²) in [5, 5.41) is 3.91. The summed E-state index contributed by atoms with van der Waals surface area (Å²) in [4.78, 5) is 0. The second kappa shape index (κ2) is 3.54. The molecule has 0 unspecified atom stereocenters. The van der Waals surface area contributed by atoms with Crippen molar-refractivity contribution in [1.29, 1.82) is 0 Å². The summed E-state index contributed by atoms with van der Waals surface area (Å²) in [6, 6.07) is 0. The zero-order valence-electron chi connectivity index (χ0n) is 10.6. The largest absolute Gasteiger partial charge is 0.394 e. The van der Waals surface area contributed by atoms with Crippen molar-refractivity contribution in [3.05, 3.63) is 11.5 Å². The minimum Gasteiger partial charge on any atom is -0.394 e. The molecule has 0 radical (unpaired) electrons. The molecule has 0 aliphatic carbocycles. The number of hydrogen-bond donors (Lipinski definition) is 1. The number of nitrogens with two attached hydrogens (primary N) is 1. The second-order valence-corrected chi connectivity index (χ2v) is 6.13. The Morgan fingerprint density at radius 3 is 2.07 bits per heavy atom. The highest BCUT2D eigenvalue weighted by Gasteiger charge is 2.33. The lowest BCUT2D eigenvalue weighted by atomic mass is 9.74. The van der Waals surface area contributed by atoms with E-state index in [0.717, 1.165) is 17.9 Å². The Morgan fingerprint density at radius 2 is 1.73 bits per heavy atom. The molecule has 0 saturated carbocycles. The third kappa shape index (κ3) is 2.74. The number of aryl methyl sites for hydroxylation is 1. The maximum Gasteiger partial charge on any atom is 0.165 e. The van der Waals surface area contributed by atoms with Gasteiger partial charge in [-0.1, -0.05) is 39.8 Å². The van der Waals surface area contributed by atoms with Crippen LogP contribution in [-0.4, -0.2) is 5.16 Å². The lowest BCUT2D eigenvalue weighted by Gasteiger charge is -2.30. The van der Waals surface area contributed by atoms with Crippen molar-refractivity contribution in [2.24, 2.45) is 5.41 Å². The van der Waals surface area contributed by atoms with Crippen LogP contribution in [0, 0.1) is 12.3 Å². The first-order valence-electron chi connectivity index (χ1n) is 5.36. The molecular formula is C12H22N2O. The molecule has 86 valence electrons. The Kier molecular flexibility index (Phi) is 2.85. The van der Waals surface area contributed by atoms with Gasteiger partial charge in [-0.25, -0.2) is 0 Å². The molecule has 0 amide bonds. The minimum absolute atomic E-state index is 0.0659. The monoisotopic (exact) mass is 210 g/mol. The van der Waals surface area contributed by atoms with E-state index in [1.807, 2.05) is 6.92 Å². The van der Waals surface area contributed by atoms with E-state index in [9.17, 15) is 0 Å². The van der Waals surface area contributed by atoms with Crippen molar-refractivity contribution in [2.45, 2.75) is 53.4 Å². The molecule has 2 N–H and O–H groups in total. The number of nitrogen functional groups attached to an aromatic ring is 1. The highest BCUT2D eigenvalue weighted by atomic mass is 16.5. The molecule has 0 saturated heterocycles. The summed E-state index contributed by atoms with van der Waals surface area (Å²) in [5.41, 5.74) is 7.61. The van der Waals surface area contributed by atoms with Gasteiger partial charge in [0.1, 0.15) is 5.69 Å². The van der Waals surface area contributed by atoms with Crippen molar-refractivity contribution in [3.8, 4) is 0 Å². The van der Waals surface area contributed by atoms with Crippen LogP contribution in [0.4, 0.5) is 5.69 Å². The average Bonchev–Trinajstić information content (AvgIpc) is 2.27. The van der Waals surface area contributed by atoms with Gasteiger partial charge < -0.3 is 10.3 Å². The topological polar surface area (TPSA) is 52.0 Å². The Hall–Kier alpha value is -0.990. The van der Waals surface area contributed by atoms with Crippen LogP contribution in [0.1, 0.15) is 52.5 Å². The van der Waals surface area contributed by atoms with Gasteiger partial charge in [-0.05, 0) is 18.8 Å². The summed E-state index contributed by atoms with van der Waals surface area (Å²) in [5.74, 6) is 0.815. The molecule has 0 bridgehead atoms. The molecule has 0 fully saturated rings. The first-order chi connectivity index (χ1) is 6.63. The van der Waals surface area contributed by atoms with E-state index >= 15 is 0 Å². The number of aromatic nitrogens is 1. The summed E-state index contributed by atoms with van der Waals surface area (Å²) in [6.45, 7) is 12.8. The molecule has 1 heterocycles. The van der Waals surface area contributed by atoms with Gasteiger partial charge in [0, 0.05) is 5.41 Å². The van der Waals surface area contributed by atoms with E-state index < -0.39 is 0 Å². The van der Waals surface area contributed by atoms with E-state index in [-0.39, 0.29) is 10.8 Å². The molecule has 0 aromatic carbocycles. The van der Waals surface area contributed by atoms with E-state index in [0.29, 0.717) is 5.69 Å². The van der Waals surface area contributed by atoms with Crippen LogP contribution in [0.2, 0.25) is 0 Å². The lowest BCUT2D eigenvalue weighted by Crippen LogP contribution is -2.25. The first-order valence-corrected chi connectivity index (χ1v) is 5.36. The molecule has 0 spiro atoms. The molecule has 1 aromatic heterocycles. The van der Waals surface area contributed by atoms with Gasteiger partial charge >= 0.3 is 0 Å². The van der Waals surface area contributed by atoms with Gasteiger partial charge in [0.25, 0.3) is 0 Å². The Morgan fingerprint density at radius 1 is 1.20 bits per heavy atom. The van der Waals surface area contributed by atoms with E-state index in [4.69, 9.17) is 10.3 Å². The maximum absolute atomic E-state index is 5.95. The van der Waals surface area contributed by atoms with Crippen molar-refractivity contribution < 1.29 is 4.52 Å². The van der Waals surface area contributed by atoms with Gasteiger partial charge in [0.2, 0.25) is 0 Å². The molecular weight excluding hydrogens is 188 g/mol.